The van der Waals surface area contributed by atoms with Crippen molar-refractivity contribution in [3.05, 3.63) is 70.7 Å². The smallest absolute Gasteiger partial charge is 0.248 e. The monoisotopic (exact) mass is 463 g/mol. The standard InChI is InChI=1S/C25H25N3O4S/c29-23(15-20-6-3-13-33-20)28(19-7-8-21-22(14-19)32-16-31-21)24(17-9-11-26-12-10-17)25(30)27-18-4-1-2-5-18/h3,6-14,18,24H,1-2,4-5,15-16H2,(H,27,30)/t24-/m0/s1. The van der Waals surface area contributed by atoms with Gasteiger partial charge < -0.3 is 14.8 Å². The SMILES string of the molecule is O=C(NC1CCCC1)[C@H](c1ccncc1)N(C(=O)Cc1cccs1)c1ccc2c(c1)OCO2. The largest absolute Gasteiger partial charge is 0.454 e. The second kappa shape index (κ2) is 9.62. The van der Waals surface area contributed by atoms with Gasteiger partial charge in [0.25, 0.3) is 0 Å². The number of nitrogens with one attached hydrogen (secondary N) is 1. The summed E-state index contributed by atoms with van der Waals surface area (Å²) in [6, 6.07) is 12.1. The number of anilines is 1. The number of hydrogen-bond acceptors (Lipinski definition) is 6. The highest BCUT2D eigenvalue weighted by Gasteiger charge is 2.35. The summed E-state index contributed by atoms with van der Waals surface area (Å²) < 4.78 is 11.0. The zero-order valence-electron chi connectivity index (χ0n) is 18.1. The first-order chi connectivity index (χ1) is 16.2. The Morgan fingerprint density at radius 2 is 1.88 bits per heavy atom. The predicted octanol–water partition coefficient (Wildman–Crippen LogP) is 4.25. The van der Waals surface area contributed by atoms with Crippen molar-refractivity contribution in [2.75, 3.05) is 11.7 Å². The molecule has 33 heavy (non-hydrogen) atoms. The predicted molar refractivity (Wildman–Crippen MR) is 125 cm³/mol. The molecule has 0 radical (unpaired) electrons. The van der Waals surface area contributed by atoms with E-state index in [-0.39, 0.29) is 31.1 Å². The van der Waals surface area contributed by atoms with Gasteiger partial charge in [-0.25, -0.2) is 0 Å². The first kappa shape index (κ1) is 21.5. The van der Waals surface area contributed by atoms with E-state index in [1.165, 1.54) is 11.3 Å². The number of aromatic nitrogens is 1. The molecular formula is C25H25N3O4S. The van der Waals surface area contributed by atoms with Crippen LogP contribution in [0.4, 0.5) is 5.69 Å². The fraction of sp³-hybridized carbons (Fsp3) is 0.320. The average Bonchev–Trinajstić information content (AvgIpc) is 3.60. The van der Waals surface area contributed by atoms with E-state index in [1.54, 1.807) is 47.6 Å². The summed E-state index contributed by atoms with van der Waals surface area (Å²) in [6.07, 6.45) is 7.62. The van der Waals surface area contributed by atoms with E-state index in [4.69, 9.17) is 9.47 Å². The highest BCUT2D eigenvalue weighted by Crippen LogP contribution is 2.38. The number of rotatable bonds is 7. The molecule has 0 saturated heterocycles. The minimum Gasteiger partial charge on any atom is -0.454 e. The van der Waals surface area contributed by atoms with Crippen LogP contribution in [0.2, 0.25) is 0 Å². The van der Waals surface area contributed by atoms with Crippen LogP contribution >= 0.6 is 11.3 Å². The van der Waals surface area contributed by atoms with Gasteiger partial charge in [-0.2, -0.15) is 0 Å². The van der Waals surface area contributed by atoms with Crippen LogP contribution in [-0.4, -0.2) is 29.6 Å². The summed E-state index contributed by atoms with van der Waals surface area (Å²) in [5.41, 5.74) is 1.29. The number of pyridine rings is 1. The van der Waals surface area contributed by atoms with E-state index >= 15 is 0 Å². The maximum Gasteiger partial charge on any atom is 0.248 e. The highest BCUT2D eigenvalue weighted by molar-refractivity contribution is 7.10. The quantitative estimate of drug-likeness (QED) is 0.567. The van der Waals surface area contributed by atoms with Crippen LogP contribution in [-0.2, 0) is 16.0 Å². The van der Waals surface area contributed by atoms with E-state index in [0.29, 0.717) is 22.7 Å². The second-order valence-electron chi connectivity index (χ2n) is 8.23. The van der Waals surface area contributed by atoms with Crippen molar-refractivity contribution < 1.29 is 19.1 Å². The number of nitrogens with zero attached hydrogens (tertiary/aromatic N) is 2. The minimum absolute atomic E-state index is 0.132. The molecule has 2 aromatic heterocycles. The molecule has 0 bridgehead atoms. The van der Waals surface area contributed by atoms with Crippen LogP contribution in [0, 0.1) is 0 Å². The van der Waals surface area contributed by atoms with Crippen molar-refractivity contribution in [3.63, 3.8) is 0 Å². The lowest BCUT2D eigenvalue weighted by molar-refractivity contribution is -0.127. The van der Waals surface area contributed by atoms with E-state index in [9.17, 15) is 9.59 Å². The molecule has 2 amide bonds. The molecule has 0 unspecified atom stereocenters. The van der Waals surface area contributed by atoms with Crippen molar-refractivity contribution in [1.29, 1.82) is 0 Å². The van der Waals surface area contributed by atoms with Crippen molar-refractivity contribution in [2.24, 2.45) is 0 Å². The summed E-state index contributed by atoms with van der Waals surface area (Å²) in [5.74, 6) is 0.830. The lowest BCUT2D eigenvalue weighted by Crippen LogP contribution is -2.46. The van der Waals surface area contributed by atoms with Crippen molar-refractivity contribution in [2.45, 2.75) is 44.2 Å². The van der Waals surface area contributed by atoms with Crippen molar-refractivity contribution in [1.82, 2.24) is 10.3 Å². The van der Waals surface area contributed by atoms with Gasteiger partial charge in [0, 0.05) is 35.1 Å². The summed E-state index contributed by atoms with van der Waals surface area (Å²) in [4.78, 5) is 34.0. The Bertz CT molecular complexity index is 1110. The van der Waals surface area contributed by atoms with Gasteiger partial charge in [-0.15, -0.1) is 11.3 Å². The lowest BCUT2D eigenvalue weighted by Gasteiger charge is -2.32. The van der Waals surface area contributed by atoms with Crippen molar-refractivity contribution in [3.8, 4) is 11.5 Å². The van der Waals surface area contributed by atoms with Crippen LogP contribution < -0.4 is 19.7 Å². The first-order valence-corrected chi connectivity index (χ1v) is 12.0. The van der Waals surface area contributed by atoms with E-state index < -0.39 is 6.04 Å². The van der Waals surface area contributed by atoms with Crippen molar-refractivity contribution >= 4 is 28.8 Å². The van der Waals surface area contributed by atoms with Crippen LogP contribution in [0.25, 0.3) is 0 Å². The van der Waals surface area contributed by atoms with Gasteiger partial charge in [0.15, 0.2) is 11.5 Å². The Labute approximate surface area is 196 Å². The third kappa shape index (κ3) is 4.71. The molecule has 1 fully saturated rings. The number of carbonyl (C=O) groups is 2. The fourth-order valence-electron chi connectivity index (χ4n) is 4.43. The molecule has 3 aromatic rings. The zero-order valence-corrected chi connectivity index (χ0v) is 18.9. The zero-order chi connectivity index (χ0) is 22.6. The number of carbonyl (C=O) groups excluding carboxylic acids is 2. The molecule has 1 aliphatic heterocycles. The van der Waals surface area contributed by atoms with Crippen LogP contribution in [0.5, 0.6) is 11.5 Å². The molecule has 1 aliphatic carbocycles. The molecule has 2 aliphatic rings. The number of fused-ring (bicyclic) bond motifs is 1. The number of thiophene rings is 1. The minimum atomic E-state index is -0.832. The molecule has 7 nitrogen and oxygen atoms in total. The van der Waals surface area contributed by atoms with Gasteiger partial charge in [0.2, 0.25) is 18.6 Å². The van der Waals surface area contributed by atoms with Crippen LogP contribution in [0.3, 0.4) is 0 Å². The van der Waals surface area contributed by atoms with Gasteiger partial charge >= 0.3 is 0 Å². The molecule has 8 heteroatoms. The van der Waals surface area contributed by atoms with Crippen LogP contribution in [0.1, 0.15) is 42.2 Å². The van der Waals surface area contributed by atoms with Gasteiger partial charge in [0.1, 0.15) is 6.04 Å². The number of amides is 2. The molecule has 170 valence electrons. The van der Waals surface area contributed by atoms with Crippen LogP contribution in [0.15, 0.2) is 60.2 Å². The van der Waals surface area contributed by atoms with Gasteiger partial charge in [-0.3, -0.25) is 19.5 Å². The molecular weight excluding hydrogens is 438 g/mol. The average molecular weight is 464 g/mol. The first-order valence-electron chi connectivity index (χ1n) is 11.1. The third-order valence-corrected chi connectivity index (χ3v) is 6.91. The second-order valence-corrected chi connectivity index (χ2v) is 9.26. The molecule has 1 saturated carbocycles. The molecule has 1 atom stereocenters. The van der Waals surface area contributed by atoms with Gasteiger partial charge in [-0.05, 0) is 54.1 Å². The molecule has 1 N–H and O–H groups in total. The molecule has 5 rings (SSSR count). The Hall–Kier alpha value is -3.39. The summed E-state index contributed by atoms with van der Waals surface area (Å²) in [6.45, 7) is 0.137. The number of benzene rings is 1. The third-order valence-electron chi connectivity index (χ3n) is 6.04. The Kier molecular flexibility index (Phi) is 6.26. The molecule has 3 heterocycles. The van der Waals surface area contributed by atoms with E-state index in [2.05, 4.69) is 10.3 Å². The lowest BCUT2D eigenvalue weighted by atomic mass is 10.0. The summed E-state index contributed by atoms with van der Waals surface area (Å²) in [7, 11) is 0. The molecule has 1 aromatic carbocycles. The topological polar surface area (TPSA) is 80.8 Å². The number of hydrogen-bond donors (Lipinski definition) is 1. The highest BCUT2D eigenvalue weighted by atomic mass is 32.1. The maximum absolute atomic E-state index is 13.7. The summed E-state index contributed by atoms with van der Waals surface area (Å²) in [5, 5.41) is 5.13. The van der Waals surface area contributed by atoms with E-state index in [0.717, 1.165) is 30.6 Å². The number of ether oxygens (including phenoxy) is 2. The fourth-order valence-corrected chi connectivity index (χ4v) is 5.13. The Balaban J connectivity index is 1.55. The normalized spacial score (nSPS) is 15.9. The summed E-state index contributed by atoms with van der Waals surface area (Å²) >= 11 is 1.52. The Morgan fingerprint density at radius 3 is 2.64 bits per heavy atom. The Morgan fingerprint density at radius 1 is 1.09 bits per heavy atom. The molecule has 0 spiro atoms. The van der Waals surface area contributed by atoms with E-state index in [1.807, 2.05) is 17.5 Å². The van der Waals surface area contributed by atoms with Gasteiger partial charge in [-0.1, -0.05) is 18.9 Å². The van der Waals surface area contributed by atoms with Gasteiger partial charge in [0.05, 0.1) is 6.42 Å². The maximum atomic E-state index is 13.7.